The van der Waals surface area contributed by atoms with Crippen LogP contribution in [0, 0.1) is 24.1 Å². The second kappa shape index (κ2) is 8.10. The van der Waals surface area contributed by atoms with Crippen molar-refractivity contribution in [2.24, 2.45) is 0 Å². The Morgan fingerprint density at radius 3 is 2.58 bits per heavy atom. The van der Waals surface area contributed by atoms with Crippen LogP contribution in [0.25, 0.3) is 10.9 Å². The van der Waals surface area contributed by atoms with Crippen LogP contribution in [0.1, 0.15) is 11.1 Å². The zero-order chi connectivity index (χ0) is 22.2. The van der Waals surface area contributed by atoms with Gasteiger partial charge in [0.05, 0.1) is 26.9 Å². The number of hydrogen-bond donors (Lipinski definition) is 0. The molecule has 4 rings (SSSR count). The van der Waals surface area contributed by atoms with Crippen LogP contribution >= 0.6 is 11.8 Å². The zero-order valence-electron chi connectivity index (χ0n) is 16.7. The van der Waals surface area contributed by atoms with Crippen LogP contribution in [-0.2, 0) is 10.0 Å². The van der Waals surface area contributed by atoms with Gasteiger partial charge in [0.25, 0.3) is 10.0 Å². The maximum atomic E-state index is 15.2. The van der Waals surface area contributed by atoms with Gasteiger partial charge in [-0.15, -0.1) is 11.8 Å². The average Bonchev–Trinajstić information content (AvgIpc) is 3.18. The van der Waals surface area contributed by atoms with Gasteiger partial charge in [-0.05, 0) is 49.1 Å². The Morgan fingerprint density at radius 1 is 1.10 bits per heavy atom. The molecule has 0 aliphatic rings. The van der Waals surface area contributed by atoms with Crippen molar-refractivity contribution in [3.63, 3.8) is 0 Å². The van der Waals surface area contributed by atoms with Crippen LogP contribution in [0.15, 0.2) is 76.7 Å². The summed E-state index contributed by atoms with van der Waals surface area (Å²) >= 11 is 1.25. The molecule has 0 fully saturated rings. The summed E-state index contributed by atoms with van der Waals surface area (Å²) in [5, 5.41) is 9.63. The lowest BCUT2D eigenvalue weighted by molar-refractivity contribution is 0.432. The highest BCUT2D eigenvalue weighted by molar-refractivity contribution is 7.99. The molecule has 0 saturated heterocycles. The average molecular weight is 453 g/mol. The number of benzene rings is 3. The number of nitrogens with zero attached hydrogens (tertiary/aromatic N) is 2. The first-order valence-corrected chi connectivity index (χ1v) is 11.9. The lowest BCUT2D eigenvalue weighted by atomic mass is 10.2. The number of aromatic nitrogens is 1. The van der Waals surface area contributed by atoms with Crippen molar-refractivity contribution in [1.29, 1.82) is 5.26 Å². The third-order valence-corrected chi connectivity index (χ3v) is 7.50. The summed E-state index contributed by atoms with van der Waals surface area (Å²) in [7, 11) is -3.91. The Balaban J connectivity index is 1.88. The van der Waals surface area contributed by atoms with Crippen LogP contribution in [0.4, 0.5) is 4.39 Å². The summed E-state index contributed by atoms with van der Waals surface area (Å²) in [6.07, 6.45) is 3.19. The van der Waals surface area contributed by atoms with E-state index in [1.54, 1.807) is 55.6 Å². The Hall–Kier alpha value is -3.28. The second-order valence-electron chi connectivity index (χ2n) is 6.78. The van der Waals surface area contributed by atoms with E-state index in [9.17, 15) is 8.42 Å². The molecule has 0 saturated carbocycles. The third-order valence-electron chi connectivity index (χ3n) is 4.84. The van der Waals surface area contributed by atoms with E-state index in [4.69, 9.17) is 10.00 Å². The molecule has 31 heavy (non-hydrogen) atoms. The number of nitriles is 1. The fourth-order valence-electron chi connectivity index (χ4n) is 3.38. The number of thioether (sulfide) groups is 1. The molecule has 1 heterocycles. The first-order valence-electron chi connectivity index (χ1n) is 9.23. The molecule has 0 aliphatic heterocycles. The van der Waals surface area contributed by atoms with E-state index in [0.29, 0.717) is 27.2 Å². The Bertz CT molecular complexity index is 1450. The van der Waals surface area contributed by atoms with Crippen LogP contribution in [0.5, 0.6) is 11.5 Å². The minimum Gasteiger partial charge on any atom is -0.453 e. The molecular weight excluding hydrogens is 435 g/mol. The van der Waals surface area contributed by atoms with Gasteiger partial charge in [0.1, 0.15) is 5.75 Å². The van der Waals surface area contributed by atoms with Gasteiger partial charge in [-0.3, -0.25) is 0 Å². The van der Waals surface area contributed by atoms with E-state index >= 15 is 4.39 Å². The SMILES string of the molecule is CSc1c(Oc2cccc(C#N)c2)c(F)cc2c1ccn2S(=O)(=O)c1ccccc1C. The minimum atomic E-state index is -3.91. The number of hydrogen-bond acceptors (Lipinski definition) is 5. The molecule has 0 atom stereocenters. The lowest BCUT2D eigenvalue weighted by Crippen LogP contribution is -2.13. The first kappa shape index (κ1) is 21.0. The molecule has 0 unspecified atom stereocenters. The molecule has 156 valence electrons. The Kier molecular flexibility index (Phi) is 5.48. The lowest BCUT2D eigenvalue weighted by Gasteiger charge is -2.14. The number of aryl methyl sites for hydroxylation is 1. The highest BCUT2D eigenvalue weighted by Gasteiger charge is 2.24. The maximum absolute atomic E-state index is 15.2. The predicted octanol–water partition coefficient (Wildman–Crippen LogP) is 5.71. The van der Waals surface area contributed by atoms with E-state index in [-0.39, 0.29) is 16.2 Å². The van der Waals surface area contributed by atoms with Gasteiger partial charge in [-0.2, -0.15) is 5.26 Å². The standard InChI is InChI=1S/C23H17FN2O3S2/c1-15-6-3-4-9-21(15)31(27,28)26-11-10-18-20(26)13-19(24)22(23(18)30-2)29-17-8-5-7-16(12-17)14-25/h3-13H,1-2H3. The van der Waals surface area contributed by atoms with Gasteiger partial charge in [0.15, 0.2) is 11.6 Å². The summed E-state index contributed by atoms with van der Waals surface area (Å²) in [5.74, 6) is -0.389. The minimum absolute atomic E-state index is 0.0128. The molecular formula is C23H17FN2O3S2. The molecule has 0 N–H and O–H groups in total. The summed E-state index contributed by atoms with van der Waals surface area (Å²) in [4.78, 5) is 0.628. The second-order valence-corrected chi connectivity index (χ2v) is 9.38. The molecule has 8 heteroatoms. The van der Waals surface area contributed by atoms with Crippen molar-refractivity contribution in [2.75, 3.05) is 6.26 Å². The Labute approximate surface area is 183 Å². The molecule has 1 aromatic heterocycles. The van der Waals surface area contributed by atoms with Gasteiger partial charge in [0.2, 0.25) is 0 Å². The van der Waals surface area contributed by atoms with E-state index in [0.717, 1.165) is 10.0 Å². The van der Waals surface area contributed by atoms with E-state index in [1.165, 1.54) is 30.1 Å². The number of ether oxygens (including phenoxy) is 1. The van der Waals surface area contributed by atoms with Gasteiger partial charge >= 0.3 is 0 Å². The van der Waals surface area contributed by atoms with Crippen LogP contribution in [-0.4, -0.2) is 18.6 Å². The highest BCUT2D eigenvalue weighted by Crippen LogP contribution is 2.41. The smallest absolute Gasteiger partial charge is 0.268 e. The summed E-state index contributed by atoms with van der Waals surface area (Å²) in [5.41, 5.74) is 1.22. The Morgan fingerprint density at radius 2 is 1.87 bits per heavy atom. The molecule has 0 radical (unpaired) electrons. The van der Waals surface area contributed by atoms with Crippen LogP contribution in [0.2, 0.25) is 0 Å². The molecule has 4 aromatic rings. The van der Waals surface area contributed by atoms with Gasteiger partial charge in [-0.1, -0.05) is 24.3 Å². The molecule has 0 amide bonds. The number of halogens is 1. The van der Waals surface area contributed by atoms with Gasteiger partial charge in [-0.25, -0.2) is 16.8 Å². The molecule has 0 spiro atoms. The maximum Gasteiger partial charge on any atom is 0.268 e. The molecule has 0 aliphatic carbocycles. The fraction of sp³-hybridized carbons (Fsp3) is 0.0870. The first-order chi connectivity index (χ1) is 14.9. The summed E-state index contributed by atoms with van der Waals surface area (Å²) in [6.45, 7) is 1.72. The fourth-order valence-corrected chi connectivity index (χ4v) is 5.67. The number of fused-ring (bicyclic) bond motifs is 1. The van der Waals surface area contributed by atoms with Crippen molar-refractivity contribution < 1.29 is 17.5 Å². The third kappa shape index (κ3) is 3.67. The van der Waals surface area contributed by atoms with Crippen molar-refractivity contribution in [3.05, 3.63) is 83.8 Å². The summed E-state index contributed by atoms with van der Waals surface area (Å²) in [6, 6.07) is 17.9. The topological polar surface area (TPSA) is 72.1 Å². The predicted molar refractivity (Wildman–Crippen MR) is 119 cm³/mol. The highest BCUT2D eigenvalue weighted by atomic mass is 32.2. The van der Waals surface area contributed by atoms with Crippen molar-refractivity contribution >= 4 is 32.7 Å². The largest absolute Gasteiger partial charge is 0.453 e. The molecule has 0 bridgehead atoms. The van der Waals surface area contributed by atoms with E-state index < -0.39 is 15.8 Å². The monoisotopic (exact) mass is 452 g/mol. The molecule has 5 nitrogen and oxygen atoms in total. The quantitative estimate of drug-likeness (QED) is 0.363. The molecule has 3 aromatic carbocycles. The summed E-state index contributed by atoms with van der Waals surface area (Å²) < 4.78 is 48.5. The van der Waals surface area contributed by atoms with Crippen LogP contribution in [0.3, 0.4) is 0 Å². The number of rotatable bonds is 5. The van der Waals surface area contributed by atoms with Crippen LogP contribution < -0.4 is 4.74 Å². The zero-order valence-corrected chi connectivity index (χ0v) is 18.3. The van der Waals surface area contributed by atoms with Crippen molar-refractivity contribution in [2.45, 2.75) is 16.7 Å². The van der Waals surface area contributed by atoms with E-state index in [2.05, 4.69) is 0 Å². The van der Waals surface area contributed by atoms with Crippen molar-refractivity contribution in [1.82, 2.24) is 3.97 Å². The normalized spacial score (nSPS) is 11.4. The van der Waals surface area contributed by atoms with Gasteiger partial charge in [0, 0.05) is 17.6 Å². The van der Waals surface area contributed by atoms with Crippen molar-refractivity contribution in [3.8, 4) is 17.6 Å². The van der Waals surface area contributed by atoms with Gasteiger partial charge < -0.3 is 4.74 Å². The van der Waals surface area contributed by atoms with E-state index in [1.807, 2.05) is 6.07 Å².